The van der Waals surface area contributed by atoms with Crippen molar-refractivity contribution in [1.29, 1.82) is 0 Å². The molecule has 176 valence electrons. The van der Waals surface area contributed by atoms with Gasteiger partial charge in [-0.2, -0.15) is 0 Å². The first-order valence-electron chi connectivity index (χ1n) is 11.8. The molecule has 0 N–H and O–H groups in total. The number of hydrogen-bond donors (Lipinski definition) is 0. The summed E-state index contributed by atoms with van der Waals surface area (Å²) in [6.07, 6.45) is 17.2. The van der Waals surface area contributed by atoms with E-state index in [0.29, 0.717) is 6.42 Å². The highest BCUT2D eigenvalue weighted by Crippen LogP contribution is 2.26. The Balaban J connectivity index is 2.42. The fourth-order valence-corrected chi connectivity index (χ4v) is 3.62. The van der Waals surface area contributed by atoms with Gasteiger partial charge in [-0.1, -0.05) is 89.4 Å². The maximum absolute atomic E-state index is 12.7. The van der Waals surface area contributed by atoms with Crippen LogP contribution in [-0.4, -0.2) is 35.1 Å². The van der Waals surface area contributed by atoms with Crippen LogP contribution in [0, 0.1) is 10.1 Å². The number of ether oxygens (including phenoxy) is 2. The van der Waals surface area contributed by atoms with Crippen molar-refractivity contribution < 1.29 is 24.0 Å². The van der Waals surface area contributed by atoms with Crippen LogP contribution in [-0.2, 0) is 19.1 Å². The molecule has 0 aromatic carbocycles. The van der Waals surface area contributed by atoms with Crippen LogP contribution in [0.2, 0.25) is 0 Å². The zero-order valence-corrected chi connectivity index (χ0v) is 19.2. The predicted molar refractivity (Wildman–Crippen MR) is 120 cm³/mol. The van der Waals surface area contributed by atoms with Crippen molar-refractivity contribution in [3.05, 3.63) is 34.4 Å². The van der Waals surface area contributed by atoms with Crippen LogP contribution < -0.4 is 0 Å². The summed E-state index contributed by atoms with van der Waals surface area (Å²) in [5.41, 5.74) is -1.92. The summed E-state index contributed by atoms with van der Waals surface area (Å²) in [4.78, 5) is 36.0. The molecule has 1 aliphatic carbocycles. The van der Waals surface area contributed by atoms with Gasteiger partial charge in [0.05, 0.1) is 18.0 Å². The summed E-state index contributed by atoms with van der Waals surface area (Å²) in [7, 11) is 0. The SMILES string of the molecule is CCCCCCCCCCCCCC(=O)C(OC1([N+](=O)[O-])C=CC=CC1)C(=O)OCC. The summed E-state index contributed by atoms with van der Waals surface area (Å²) >= 11 is 0. The van der Waals surface area contributed by atoms with E-state index in [9.17, 15) is 19.7 Å². The Hall–Kier alpha value is -2.02. The van der Waals surface area contributed by atoms with Crippen LogP contribution in [0.3, 0.4) is 0 Å². The van der Waals surface area contributed by atoms with E-state index >= 15 is 0 Å². The Morgan fingerprint density at radius 2 is 1.55 bits per heavy atom. The van der Waals surface area contributed by atoms with Crippen LogP contribution in [0.1, 0.15) is 97.3 Å². The van der Waals surface area contributed by atoms with E-state index in [0.717, 1.165) is 19.3 Å². The van der Waals surface area contributed by atoms with Gasteiger partial charge in [0.25, 0.3) is 0 Å². The van der Waals surface area contributed by atoms with Crippen molar-refractivity contribution >= 4 is 11.8 Å². The van der Waals surface area contributed by atoms with Crippen LogP contribution in [0.4, 0.5) is 0 Å². The number of esters is 1. The molecule has 0 saturated heterocycles. The van der Waals surface area contributed by atoms with Gasteiger partial charge in [-0.15, -0.1) is 0 Å². The second kappa shape index (κ2) is 15.7. The highest BCUT2D eigenvalue weighted by molar-refractivity contribution is 6.02. The Morgan fingerprint density at radius 1 is 0.968 bits per heavy atom. The summed E-state index contributed by atoms with van der Waals surface area (Å²) in [5.74, 6) is -1.32. The number of Topliss-reactive ketones (excluding diaryl/α,β-unsaturated/α-hetero) is 1. The zero-order valence-electron chi connectivity index (χ0n) is 19.2. The second-order valence-corrected chi connectivity index (χ2v) is 8.10. The highest BCUT2D eigenvalue weighted by atomic mass is 16.7. The smallest absolute Gasteiger partial charge is 0.349 e. The molecule has 0 aromatic rings. The van der Waals surface area contributed by atoms with Gasteiger partial charge in [-0.25, -0.2) is 4.79 Å². The molecular formula is C24H39NO6. The van der Waals surface area contributed by atoms with Gasteiger partial charge in [0.15, 0.2) is 5.78 Å². The molecule has 2 atom stereocenters. The molecule has 0 spiro atoms. The van der Waals surface area contributed by atoms with E-state index in [1.807, 2.05) is 0 Å². The minimum absolute atomic E-state index is 0.0435. The normalized spacial score (nSPS) is 18.6. The van der Waals surface area contributed by atoms with E-state index in [1.165, 1.54) is 57.1 Å². The quantitative estimate of drug-likeness (QED) is 0.0682. The van der Waals surface area contributed by atoms with Gasteiger partial charge in [0.2, 0.25) is 6.10 Å². The topological polar surface area (TPSA) is 95.7 Å². The molecule has 1 rings (SSSR count). The Kier molecular flexibility index (Phi) is 13.7. The zero-order chi connectivity index (χ0) is 23.0. The largest absolute Gasteiger partial charge is 0.464 e. The summed E-state index contributed by atoms with van der Waals surface area (Å²) in [5, 5.41) is 11.6. The lowest BCUT2D eigenvalue weighted by molar-refractivity contribution is -0.614. The molecule has 7 heteroatoms. The first kappa shape index (κ1) is 27.0. The molecule has 0 fully saturated rings. The third kappa shape index (κ3) is 10.2. The van der Waals surface area contributed by atoms with Crippen molar-refractivity contribution in [1.82, 2.24) is 0 Å². The number of allylic oxidation sites excluding steroid dienone is 2. The molecular weight excluding hydrogens is 398 g/mol. The van der Waals surface area contributed by atoms with Gasteiger partial charge in [-0.3, -0.25) is 19.6 Å². The number of nitro groups is 1. The highest BCUT2D eigenvalue weighted by Gasteiger charge is 2.47. The van der Waals surface area contributed by atoms with Crippen molar-refractivity contribution in [3.63, 3.8) is 0 Å². The van der Waals surface area contributed by atoms with Crippen LogP contribution >= 0.6 is 0 Å². The van der Waals surface area contributed by atoms with Crippen molar-refractivity contribution in [3.8, 4) is 0 Å². The number of rotatable bonds is 18. The van der Waals surface area contributed by atoms with Crippen LogP contribution in [0.25, 0.3) is 0 Å². The Bertz CT molecular complexity index is 615. The fraction of sp³-hybridized carbons (Fsp3) is 0.750. The lowest BCUT2D eigenvalue weighted by atomic mass is 10.0. The van der Waals surface area contributed by atoms with E-state index in [1.54, 1.807) is 19.1 Å². The fourth-order valence-electron chi connectivity index (χ4n) is 3.62. The average molecular weight is 438 g/mol. The van der Waals surface area contributed by atoms with Gasteiger partial charge >= 0.3 is 11.7 Å². The second-order valence-electron chi connectivity index (χ2n) is 8.10. The predicted octanol–water partition coefficient (Wildman–Crippen LogP) is 5.69. The van der Waals surface area contributed by atoms with E-state index in [2.05, 4.69) is 6.92 Å². The summed E-state index contributed by atoms with van der Waals surface area (Å²) in [6, 6.07) is 0. The van der Waals surface area contributed by atoms with Gasteiger partial charge in [-0.05, 0) is 13.3 Å². The molecule has 0 amide bonds. The Labute approximate surface area is 186 Å². The average Bonchev–Trinajstić information content (AvgIpc) is 2.76. The number of nitrogens with zero attached hydrogens (tertiary/aromatic N) is 1. The number of unbranched alkanes of at least 4 members (excludes halogenated alkanes) is 10. The third-order valence-corrected chi connectivity index (χ3v) is 5.46. The molecule has 0 aliphatic heterocycles. The summed E-state index contributed by atoms with van der Waals surface area (Å²) < 4.78 is 10.5. The van der Waals surface area contributed by atoms with Gasteiger partial charge < -0.3 is 4.74 Å². The minimum Gasteiger partial charge on any atom is -0.464 e. The number of ketones is 1. The molecule has 0 bridgehead atoms. The van der Waals surface area contributed by atoms with Gasteiger partial charge in [0.1, 0.15) is 0 Å². The molecule has 0 radical (unpaired) electrons. The lowest BCUT2D eigenvalue weighted by Gasteiger charge is -2.26. The van der Waals surface area contributed by atoms with Crippen molar-refractivity contribution in [2.75, 3.05) is 6.61 Å². The standard InChI is InChI=1S/C24H39NO6/c1-3-5-6-7-8-9-10-11-12-13-15-18-21(26)22(23(27)30-4-2)31-24(25(28)29)19-16-14-17-20-24/h14,16-17,19,22H,3-13,15,18,20H2,1-2H3. The maximum Gasteiger partial charge on any atom is 0.349 e. The molecule has 31 heavy (non-hydrogen) atoms. The lowest BCUT2D eigenvalue weighted by Crippen LogP contribution is -2.48. The minimum atomic E-state index is -1.92. The van der Waals surface area contributed by atoms with Crippen LogP contribution in [0.5, 0.6) is 0 Å². The summed E-state index contributed by atoms with van der Waals surface area (Å²) in [6.45, 7) is 3.91. The third-order valence-electron chi connectivity index (χ3n) is 5.46. The molecule has 0 saturated carbocycles. The molecule has 0 heterocycles. The van der Waals surface area contributed by atoms with E-state index in [4.69, 9.17) is 9.47 Å². The maximum atomic E-state index is 12.7. The van der Waals surface area contributed by atoms with Gasteiger partial charge in [0, 0.05) is 12.5 Å². The van der Waals surface area contributed by atoms with Crippen molar-refractivity contribution in [2.24, 2.45) is 0 Å². The Morgan fingerprint density at radius 3 is 2.03 bits per heavy atom. The molecule has 1 aliphatic rings. The number of carbonyl (C=O) groups is 2. The first-order chi connectivity index (χ1) is 15.0. The number of hydrogen-bond acceptors (Lipinski definition) is 6. The van der Waals surface area contributed by atoms with Crippen molar-refractivity contribution in [2.45, 2.75) is 109 Å². The monoisotopic (exact) mass is 437 g/mol. The number of carbonyl (C=O) groups excluding carboxylic acids is 2. The molecule has 7 nitrogen and oxygen atoms in total. The van der Waals surface area contributed by atoms with E-state index in [-0.39, 0.29) is 19.4 Å². The van der Waals surface area contributed by atoms with Crippen LogP contribution in [0.15, 0.2) is 24.3 Å². The van der Waals surface area contributed by atoms with E-state index < -0.39 is 28.5 Å². The molecule has 0 aromatic heterocycles. The molecule has 2 unspecified atom stereocenters. The first-order valence-corrected chi connectivity index (χ1v) is 11.8.